The summed E-state index contributed by atoms with van der Waals surface area (Å²) in [6.45, 7) is 7.00. The summed E-state index contributed by atoms with van der Waals surface area (Å²) in [6.07, 6.45) is -2.84. The van der Waals surface area contributed by atoms with Crippen LogP contribution in [-0.2, 0) is 19.2 Å². The van der Waals surface area contributed by atoms with Crippen LogP contribution in [0.4, 0.5) is 13.2 Å². The van der Waals surface area contributed by atoms with Gasteiger partial charge in [-0.2, -0.15) is 18.7 Å². The fourth-order valence-corrected chi connectivity index (χ4v) is 2.46. The van der Waals surface area contributed by atoms with Gasteiger partial charge in [0.25, 0.3) is 0 Å². The number of alkyl halides is 3. The Balaban J connectivity index is 2.80. The molecule has 0 saturated carbocycles. The van der Waals surface area contributed by atoms with E-state index in [0.29, 0.717) is 17.9 Å². The first-order valence-corrected chi connectivity index (χ1v) is 8.43. The molecule has 0 spiro atoms. The maximum atomic E-state index is 12.9. The van der Waals surface area contributed by atoms with Crippen LogP contribution in [0.3, 0.4) is 0 Å². The first-order chi connectivity index (χ1) is 11.5. The molecule has 0 aromatic carbocycles. The van der Waals surface area contributed by atoms with E-state index < -0.39 is 35.7 Å². The molecule has 0 aliphatic carbocycles. The summed E-state index contributed by atoms with van der Waals surface area (Å²) >= 11 is 0. The highest BCUT2D eigenvalue weighted by atomic mass is 19.4. The smallest absolute Gasteiger partial charge is 0.458 e. The quantitative estimate of drug-likeness (QED) is 0.443. The van der Waals surface area contributed by atoms with Crippen LogP contribution in [0.1, 0.15) is 53.4 Å². The van der Waals surface area contributed by atoms with Crippen molar-refractivity contribution >= 4 is 11.9 Å². The second kappa shape index (κ2) is 8.84. The fraction of sp³-hybridized carbons (Fsp3) is 0.875. The lowest BCUT2D eigenvalue weighted by Gasteiger charge is -2.39. The average Bonchev–Trinajstić information content (AvgIpc) is 2.48. The number of likely N-dealkylation sites (tertiary alicyclic amines) is 1. The molecule has 1 fully saturated rings. The number of hydroxylamine groups is 1. The van der Waals surface area contributed by atoms with Crippen LogP contribution in [0.15, 0.2) is 0 Å². The highest BCUT2D eigenvalue weighted by Crippen LogP contribution is 2.27. The first-order valence-electron chi connectivity index (χ1n) is 8.43. The molecule has 25 heavy (non-hydrogen) atoms. The number of carbonyl (C=O) groups is 2. The van der Waals surface area contributed by atoms with Crippen LogP contribution in [0.2, 0.25) is 0 Å². The van der Waals surface area contributed by atoms with Gasteiger partial charge in [-0.15, -0.1) is 0 Å². The molecule has 0 radical (unpaired) electrons. The van der Waals surface area contributed by atoms with E-state index >= 15 is 0 Å². The fourth-order valence-electron chi connectivity index (χ4n) is 2.46. The molecule has 6 nitrogen and oxygen atoms in total. The molecule has 1 saturated heterocycles. The van der Waals surface area contributed by atoms with Crippen molar-refractivity contribution in [2.45, 2.75) is 77.2 Å². The number of carbonyl (C=O) groups excluding carboxylic acids is 2. The zero-order valence-corrected chi connectivity index (χ0v) is 15.1. The largest absolute Gasteiger partial charge is 0.471 e. The van der Waals surface area contributed by atoms with Gasteiger partial charge >= 0.3 is 18.1 Å². The Kier molecular flexibility index (Phi) is 7.67. The van der Waals surface area contributed by atoms with E-state index in [9.17, 15) is 22.8 Å². The molecule has 0 aromatic heterocycles. The third kappa shape index (κ3) is 7.19. The summed E-state index contributed by atoms with van der Waals surface area (Å²) < 4.78 is 43.8. The average molecular weight is 368 g/mol. The molecular formula is C16H27F3N2O4. The van der Waals surface area contributed by atoms with Crippen LogP contribution in [0, 0.1) is 0 Å². The van der Waals surface area contributed by atoms with Crippen molar-refractivity contribution in [2.24, 2.45) is 0 Å². The van der Waals surface area contributed by atoms with Gasteiger partial charge in [-0.25, -0.2) is 4.79 Å². The molecule has 1 heterocycles. The Morgan fingerprint density at radius 1 is 1.20 bits per heavy atom. The predicted molar refractivity (Wildman–Crippen MR) is 84.4 cm³/mol. The molecule has 0 unspecified atom stereocenters. The van der Waals surface area contributed by atoms with Gasteiger partial charge in [-0.3, -0.25) is 4.79 Å². The van der Waals surface area contributed by atoms with Gasteiger partial charge in [0, 0.05) is 12.6 Å². The number of unbranched alkanes of at least 4 members (excludes halogenated alkanes) is 1. The normalized spacial score (nSPS) is 22.0. The summed E-state index contributed by atoms with van der Waals surface area (Å²) in [5.74, 6) is -2.86. The molecule has 1 aliphatic rings. The van der Waals surface area contributed by atoms with Crippen LogP contribution >= 0.6 is 0 Å². The molecule has 2 atom stereocenters. The first kappa shape index (κ1) is 21.7. The Labute approximate surface area is 146 Å². The third-order valence-electron chi connectivity index (χ3n) is 3.61. The van der Waals surface area contributed by atoms with Gasteiger partial charge < -0.3 is 14.5 Å². The van der Waals surface area contributed by atoms with Gasteiger partial charge in [0.1, 0.15) is 11.6 Å². The van der Waals surface area contributed by atoms with Gasteiger partial charge in [-0.05, 0) is 40.0 Å². The van der Waals surface area contributed by atoms with Gasteiger partial charge in [0.15, 0.2) is 0 Å². The summed E-state index contributed by atoms with van der Waals surface area (Å²) in [5.41, 5.74) is 1.84. The Morgan fingerprint density at radius 2 is 1.84 bits per heavy atom. The van der Waals surface area contributed by atoms with Crippen molar-refractivity contribution in [2.75, 3.05) is 13.2 Å². The van der Waals surface area contributed by atoms with E-state index in [2.05, 4.69) is 5.48 Å². The molecule has 146 valence electrons. The van der Waals surface area contributed by atoms with E-state index in [0.717, 1.165) is 12.8 Å². The molecule has 1 aliphatic heterocycles. The number of halogens is 3. The van der Waals surface area contributed by atoms with Crippen LogP contribution in [-0.4, -0.2) is 53.8 Å². The topological polar surface area (TPSA) is 67.9 Å². The summed E-state index contributed by atoms with van der Waals surface area (Å²) in [7, 11) is 0. The lowest BCUT2D eigenvalue weighted by Crippen LogP contribution is -2.59. The summed E-state index contributed by atoms with van der Waals surface area (Å²) in [4.78, 5) is 29.7. The number of piperidine rings is 1. The van der Waals surface area contributed by atoms with Crippen molar-refractivity contribution in [3.63, 3.8) is 0 Å². The molecule has 0 aromatic rings. The number of amides is 1. The monoisotopic (exact) mass is 368 g/mol. The maximum Gasteiger partial charge on any atom is 0.471 e. The van der Waals surface area contributed by atoms with Gasteiger partial charge in [-0.1, -0.05) is 13.3 Å². The second-order valence-electron chi connectivity index (χ2n) is 7.10. The Bertz CT molecular complexity index is 463. The number of rotatable bonds is 6. The number of nitrogens with zero attached hydrogens (tertiary/aromatic N) is 1. The molecule has 1 amide bonds. The van der Waals surface area contributed by atoms with Gasteiger partial charge in [0.2, 0.25) is 0 Å². The van der Waals surface area contributed by atoms with E-state index in [1.165, 1.54) is 0 Å². The highest BCUT2D eigenvalue weighted by Gasteiger charge is 2.49. The van der Waals surface area contributed by atoms with Crippen molar-refractivity contribution in [3.8, 4) is 0 Å². The zero-order chi connectivity index (χ0) is 19.3. The van der Waals surface area contributed by atoms with Crippen LogP contribution in [0.5, 0.6) is 0 Å². The van der Waals surface area contributed by atoms with E-state index in [1.54, 1.807) is 20.8 Å². The number of nitrogens with one attached hydrogen (secondary N) is 1. The number of hydrogen-bond acceptors (Lipinski definition) is 5. The molecule has 1 N–H and O–H groups in total. The molecule has 9 heteroatoms. The Morgan fingerprint density at radius 3 is 2.36 bits per heavy atom. The van der Waals surface area contributed by atoms with E-state index in [1.807, 2.05) is 6.92 Å². The SMILES string of the molecule is CCCCON[C@@H]1CC[C@@H](C(=O)OC(C)(C)C)N(C(=O)C(F)(F)F)C1. The highest BCUT2D eigenvalue weighted by molar-refractivity contribution is 5.88. The zero-order valence-electron chi connectivity index (χ0n) is 15.1. The van der Waals surface area contributed by atoms with Crippen LogP contribution in [0.25, 0.3) is 0 Å². The minimum Gasteiger partial charge on any atom is -0.458 e. The molecule has 0 bridgehead atoms. The number of hydrogen-bond donors (Lipinski definition) is 1. The van der Waals surface area contributed by atoms with Crippen molar-refractivity contribution in [3.05, 3.63) is 0 Å². The van der Waals surface area contributed by atoms with E-state index in [4.69, 9.17) is 9.57 Å². The standard InChI is InChI=1S/C16H27F3N2O4/c1-5-6-9-24-20-11-7-8-12(13(22)25-15(2,3)4)21(10-11)14(23)16(17,18)19/h11-12,20H,5-10H2,1-4H3/t11-,12+/m1/s1. The lowest BCUT2D eigenvalue weighted by atomic mass is 9.98. The molecule has 1 rings (SSSR count). The number of ether oxygens (including phenoxy) is 1. The van der Waals surface area contributed by atoms with Crippen molar-refractivity contribution in [1.29, 1.82) is 0 Å². The summed E-state index contributed by atoms with van der Waals surface area (Å²) in [5, 5.41) is 0. The molecular weight excluding hydrogens is 341 g/mol. The minimum absolute atomic E-state index is 0.0749. The third-order valence-corrected chi connectivity index (χ3v) is 3.61. The summed E-state index contributed by atoms with van der Waals surface area (Å²) in [6, 6.07) is -1.72. The minimum atomic E-state index is -5.05. The van der Waals surface area contributed by atoms with Gasteiger partial charge in [0.05, 0.1) is 6.61 Å². The second-order valence-corrected chi connectivity index (χ2v) is 7.10. The van der Waals surface area contributed by atoms with Crippen molar-refractivity contribution < 1.29 is 32.3 Å². The lowest BCUT2D eigenvalue weighted by molar-refractivity contribution is -0.195. The Hall–Kier alpha value is -1.35. The number of esters is 1. The predicted octanol–water partition coefficient (Wildman–Crippen LogP) is 2.57. The van der Waals surface area contributed by atoms with E-state index in [-0.39, 0.29) is 13.0 Å². The van der Waals surface area contributed by atoms with Crippen molar-refractivity contribution in [1.82, 2.24) is 10.4 Å². The maximum absolute atomic E-state index is 12.9. The van der Waals surface area contributed by atoms with Crippen LogP contribution < -0.4 is 5.48 Å².